The van der Waals surface area contributed by atoms with Gasteiger partial charge < -0.3 is 20.9 Å². The third-order valence-electron chi connectivity index (χ3n) is 3.83. The molecular formula is C11H20N2O3. The van der Waals surface area contributed by atoms with E-state index in [1.54, 1.807) is 0 Å². The van der Waals surface area contributed by atoms with Gasteiger partial charge >= 0.3 is 0 Å². The minimum absolute atomic E-state index is 0.0435. The third kappa shape index (κ3) is 2.07. The number of nitrogens with two attached hydrogens (primary N) is 1. The Morgan fingerprint density at radius 2 is 1.94 bits per heavy atom. The standard InChI is InChI=1S/C11H20N2O3/c12-11(2-1-3-11)9(15)13-10(8-14)4-6-16-7-5-10/h14H,1-8,12H2,(H,13,15). The summed E-state index contributed by atoms with van der Waals surface area (Å²) in [6.45, 7) is 1.12. The lowest BCUT2D eigenvalue weighted by molar-refractivity contribution is -0.133. The molecule has 0 atom stereocenters. The first-order chi connectivity index (χ1) is 7.60. The fraction of sp³-hybridized carbons (Fsp3) is 0.909. The van der Waals surface area contributed by atoms with Gasteiger partial charge in [-0.2, -0.15) is 0 Å². The van der Waals surface area contributed by atoms with Gasteiger partial charge in [-0.25, -0.2) is 0 Å². The average molecular weight is 228 g/mol. The molecule has 0 bridgehead atoms. The van der Waals surface area contributed by atoms with Crippen molar-refractivity contribution in [2.45, 2.75) is 43.2 Å². The van der Waals surface area contributed by atoms with E-state index in [0.29, 0.717) is 26.1 Å². The first kappa shape index (κ1) is 11.8. The van der Waals surface area contributed by atoms with E-state index in [1.807, 2.05) is 0 Å². The van der Waals surface area contributed by atoms with E-state index in [0.717, 1.165) is 19.3 Å². The van der Waals surface area contributed by atoms with Gasteiger partial charge in [0.15, 0.2) is 0 Å². The van der Waals surface area contributed by atoms with Gasteiger partial charge in [0.1, 0.15) is 0 Å². The number of hydrogen-bond donors (Lipinski definition) is 3. The highest BCUT2D eigenvalue weighted by atomic mass is 16.5. The molecule has 1 saturated carbocycles. The molecular weight excluding hydrogens is 208 g/mol. The predicted octanol–water partition coefficient (Wildman–Crippen LogP) is -0.475. The molecule has 2 fully saturated rings. The molecule has 4 N–H and O–H groups in total. The zero-order valence-electron chi connectivity index (χ0n) is 9.50. The van der Waals surface area contributed by atoms with Crippen LogP contribution in [-0.4, -0.2) is 41.9 Å². The second-order valence-corrected chi connectivity index (χ2v) is 5.01. The van der Waals surface area contributed by atoms with Crippen molar-refractivity contribution >= 4 is 5.91 Å². The van der Waals surface area contributed by atoms with Crippen LogP contribution in [0.5, 0.6) is 0 Å². The number of carbonyl (C=O) groups is 1. The van der Waals surface area contributed by atoms with Gasteiger partial charge in [-0.3, -0.25) is 4.79 Å². The summed E-state index contributed by atoms with van der Waals surface area (Å²) in [6, 6.07) is 0. The van der Waals surface area contributed by atoms with Gasteiger partial charge in [-0.15, -0.1) is 0 Å². The van der Waals surface area contributed by atoms with E-state index >= 15 is 0 Å². The lowest BCUT2D eigenvalue weighted by Crippen LogP contribution is -2.65. The van der Waals surface area contributed by atoms with Gasteiger partial charge in [0.2, 0.25) is 5.91 Å². The first-order valence-electron chi connectivity index (χ1n) is 5.90. The van der Waals surface area contributed by atoms with E-state index in [1.165, 1.54) is 0 Å². The lowest BCUT2D eigenvalue weighted by Gasteiger charge is -2.42. The van der Waals surface area contributed by atoms with Gasteiger partial charge in [-0.05, 0) is 32.1 Å². The Morgan fingerprint density at radius 3 is 2.38 bits per heavy atom. The molecule has 0 radical (unpaired) electrons. The Labute approximate surface area is 95.3 Å². The Bertz CT molecular complexity index is 270. The minimum Gasteiger partial charge on any atom is -0.394 e. The number of rotatable bonds is 3. The molecule has 2 aliphatic rings. The molecule has 0 unspecified atom stereocenters. The third-order valence-corrected chi connectivity index (χ3v) is 3.83. The number of aliphatic hydroxyl groups excluding tert-OH is 1. The predicted molar refractivity (Wildman–Crippen MR) is 58.8 cm³/mol. The molecule has 16 heavy (non-hydrogen) atoms. The smallest absolute Gasteiger partial charge is 0.240 e. The summed E-state index contributed by atoms with van der Waals surface area (Å²) in [5.74, 6) is -0.116. The van der Waals surface area contributed by atoms with Crippen molar-refractivity contribution in [2.24, 2.45) is 5.73 Å². The second-order valence-electron chi connectivity index (χ2n) is 5.01. The molecule has 0 spiro atoms. The minimum atomic E-state index is -0.694. The fourth-order valence-electron chi connectivity index (χ4n) is 2.23. The average Bonchev–Trinajstić information content (AvgIpc) is 2.27. The van der Waals surface area contributed by atoms with Crippen LogP contribution in [-0.2, 0) is 9.53 Å². The maximum absolute atomic E-state index is 12.0. The molecule has 5 nitrogen and oxygen atoms in total. The Balaban J connectivity index is 1.97. The quantitative estimate of drug-likeness (QED) is 0.609. The molecule has 1 aliphatic heterocycles. The maximum Gasteiger partial charge on any atom is 0.240 e. The van der Waals surface area contributed by atoms with Crippen LogP contribution in [0.2, 0.25) is 0 Å². The highest BCUT2D eigenvalue weighted by Crippen LogP contribution is 2.30. The molecule has 1 saturated heterocycles. The van der Waals surface area contributed by atoms with Crippen molar-refractivity contribution in [2.75, 3.05) is 19.8 Å². The van der Waals surface area contributed by atoms with Crippen molar-refractivity contribution < 1.29 is 14.6 Å². The van der Waals surface area contributed by atoms with Crippen molar-refractivity contribution in [3.05, 3.63) is 0 Å². The number of ether oxygens (including phenoxy) is 1. The normalized spacial score (nSPS) is 26.9. The summed E-state index contributed by atoms with van der Waals surface area (Å²) in [7, 11) is 0. The van der Waals surface area contributed by atoms with Gasteiger partial charge in [0.05, 0.1) is 17.7 Å². The van der Waals surface area contributed by atoms with Gasteiger partial charge in [-0.1, -0.05) is 0 Å². The molecule has 0 aromatic rings. The Hall–Kier alpha value is -0.650. The Morgan fingerprint density at radius 1 is 1.31 bits per heavy atom. The summed E-state index contributed by atoms with van der Waals surface area (Å²) in [5.41, 5.74) is 4.74. The molecule has 5 heteroatoms. The molecule has 1 heterocycles. The SMILES string of the molecule is NC1(C(=O)NC2(CO)CCOCC2)CCC1. The van der Waals surface area contributed by atoms with Crippen LogP contribution in [0, 0.1) is 0 Å². The zero-order chi connectivity index (χ0) is 11.6. The van der Waals surface area contributed by atoms with E-state index < -0.39 is 11.1 Å². The summed E-state index contributed by atoms with van der Waals surface area (Å²) in [4.78, 5) is 12.0. The molecule has 1 amide bonds. The summed E-state index contributed by atoms with van der Waals surface area (Å²) >= 11 is 0. The fourth-order valence-corrected chi connectivity index (χ4v) is 2.23. The van der Waals surface area contributed by atoms with Crippen LogP contribution in [0.25, 0.3) is 0 Å². The molecule has 92 valence electrons. The van der Waals surface area contributed by atoms with Crippen LogP contribution < -0.4 is 11.1 Å². The van der Waals surface area contributed by atoms with Crippen molar-refractivity contribution in [1.29, 1.82) is 0 Å². The van der Waals surface area contributed by atoms with Gasteiger partial charge in [0, 0.05) is 13.2 Å². The summed E-state index contributed by atoms with van der Waals surface area (Å²) < 4.78 is 5.24. The first-order valence-corrected chi connectivity index (χ1v) is 5.90. The number of hydrogen-bond acceptors (Lipinski definition) is 4. The van der Waals surface area contributed by atoms with Crippen molar-refractivity contribution in [3.63, 3.8) is 0 Å². The lowest BCUT2D eigenvalue weighted by atomic mass is 9.76. The number of amides is 1. The van der Waals surface area contributed by atoms with Gasteiger partial charge in [0.25, 0.3) is 0 Å². The van der Waals surface area contributed by atoms with E-state index in [-0.39, 0.29) is 12.5 Å². The molecule has 0 aromatic heterocycles. The highest BCUT2D eigenvalue weighted by Gasteiger charge is 2.44. The van der Waals surface area contributed by atoms with Crippen LogP contribution in [0.3, 0.4) is 0 Å². The van der Waals surface area contributed by atoms with Crippen LogP contribution in [0.15, 0.2) is 0 Å². The second kappa shape index (κ2) is 4.31. The van der Waals surface area contributed by atoms with E-state index in [9.17, 15) is 9.90 Å². The van der Waals surface area contributed by atoms with Crippen molar-refractivity contribution in [1.82, 2.24) is 5.32 Å². The van der Waals surface area contributed by atoms with Crippen LogP contribution in [0.1, 0.15) is 32.1 Å². The van der Waals surface area contributed by atoms with Crippen LogP contribution >= 0.6 is 0 Å². The molecule has 0 aromatic carbocycles. The topological polar surface area (TPSA) is 84.6 Å². The number of aliphatic hydroxyl groups is 1. The summed E-state index contributed by atoms with van der Waals surface area (Å²) in [5, 5.41) is 12.4. The summed E-state index contributed by atoms with van der Waals surface area (Å²) in [6.07, 6.45) is 3.82. The number of carbonyl (C=O) groups excluding carboxylic acids is 1. The van der Waals surface area contributed by atoms with Crippen molar-refractivity contribution in [3.8, 4) is 0 Å². The van der Waals surface area contributed by atoms with E-state index in [2.05, 4.69) is 5.32 Å². The number of nitrogens with one attached hydrogen (secondary N) is 1. The zero-order valence-corrected chi connectivity index (χ0v) is 9.50. The Kier molecular flexibility index (Phi) is 3.19. The van der Waals surface area contributed by atoms with Crippen LogP contribution in [0.4, 0.5) is 0 Å². The molecule has 2 rings (SSSR count). The highest BCUT2D eigenvalue weighted by molar-refractivity contribution is 5.87. The largest absolute Gasteiger partial charge is 0.394 e. The van der Waals surface area contributed by atoms with E-state index in [4.69, 9.17) is 10.5 Å². The monoisotopic (exact) mass is 228 g/mol. The molecule has 1 aliphatic carbocycles. The maximum atomic E-state index is 12.0.